The Kier molecular flexibility index (Phi) is 4.00. The molecule has 0 atom stereocenters. The number of aryl methyl sites for hydroxylation is 1. The number of hydrogen-bond donors (Lipinski definition) is 1. The Bertz CT molecular complexity index is 1200. The van der Waals surface area contributed by atoms with Gasteiger partial charge in [-0.3, -0.25) is 9.59 Å². The zero-order chi connectivity index (χ0) is 18.3. The Balaban J connectivity index is 1.71. The van der Waals surface area contributed by atoms with Crippen LogP contribution < -0.4 is 10.9 Å². The average Bonchev–Trinajstić information content (AvgIpc) is 3.02. The average molecular weight is 367 g/mol. The van der Waals surface area contributed by atoms with Crippen molar-refractivity contribution < 1.29 is 9.18 Å². The van der Waals surface area contributed by atoms with Crippen LogP contribution in [0, 0.1) is 12.7 Å². The number of fused-ring (bicyclic) bond motifs is 3. The lowest BCUT2D eigenvalue weighted by Crippen LogP contribution is -2.30. The van der Waals surface area contributed by atoms with E-state index in [-0.39, 0.29) is 17.9 Å². The second-order valence-corrected chi connectivity index (χ2v) is 6.96. The van der Waals surface area contributed by atoms with E-state index in [1.807, 2.05) is 31.2 Å². The van der Waals surface area contributed by atoms with E-state index in [1.54, 1.807) is 0 Å². The van der Waals surface area contributed by atoms with Gasteiger partial charge in [0.05, 0.1) is 15.8 Å². The molecule has 0 aliphatic carbocycles. The molecule has 2 heterocycles. The number of halogens is 1. The number of rotatable bonds is 3. The molecule has 0 aliphatic heterocycles. The quantitative estimate of drug-likeness (QED) is 0.601. The first-order valence-electron chi connectivity index (χ1n) is 7.97. The van der Waals surface area contributed by atoms with Crippen LogP contribution in [0.15, 0.2) is 53.3 Å². The summed E-state index contributed by atoms with van der Waals surface area (Å²) in [7, 11) is 0. The molecule has 130 valence electrons. The lowest BCUT2D eigenvalue weighted by atomic mass is 10.2. The Morgan fingerprint density at radius 1 is 1.19 bits per heavy atom. The maximum absolute atomic E-state index is 12.9. The number of aromatic nitrogens is 2. The first kappa shape index (κ1) is 16.4. The minimum Gasteiger partial charge on any atom is -0.324 e. The monoisotopic (exact) mass is 367 g/mol. The fourth-order valence-corrected chi connectivity index (χ4v) is 4.02. The number of amides is 1. The van der Waals surface area contributed by atoms with Gasteiger partial charge in [-0.15, -0.1) is 11.3 Å². The van der Waals surface area contributed by atoms with E-state index in [0.717, 1.165) is 14.8 Å². The molecule has 26 heavy (non-hydrogen) atoms. The smallest absolute Gasteiger partial charge is 0.276 e. The van der Waals surface area contributed by atoms with Gasteiger partial charge >= 0.3 is 0 Å². The summed E-state index contributed by atoms with van der Waals surface area (Å²) in [5, 5.41) is 8.39. The van der Waals surface area contributed by atoms with Crippen LogP contribution in [0.3, 0.4) is 0 Å². The van der Waals surface area contributed by atoms with Crippen molar-refractivity contribution in [2.24, 2.45) is 0 Å². The molecule has 0 aliphatic rings. The van der Waals surface area contributed by atoms with Crippen molar-refractivity contribution in [2.45, 2.75) is 13.5 Å². The maximum atomic E-state index is 12.9. The highest BCUT2D eigenvalue weighted by molar-refractivity contribution is 7.26. The Morgan fingerprint density at radius 2 is 1.92 bits per heavy atom. The fraction of sp³-hybridized carbons (Fsp3) is 0.105. The van der Waals surface area contributed by atoms with Crippen LogP contribution in [-0.2, 0) is 11.3 Å². The number of benzene rings is 2. The van der Waals surface area contributed by atoms with Gasteiger partial charge in [-0.1, -0.05) is 18.2 Å². The summed E-state index contributed by atoms with van der Waals surface area (Å²) < 4.78 is 16.0. The number of nitrogens with zero attached hydrogens (tertiary/aromatic N) is 2. The predicted molar refractivity (Wildman–Crippen MR) is 101 cm³/mol. The molecule has 1 N–H and O–H groups in total. The molecule has 0 spiro atoms. The summed E-state index contributed by atoms with van der Waals surface area (Å²) in [5.74, 6) is -0.782. The zero-order valence-electron chi connectivity index (χ0n) is 13.8. The highest BCUT2D eigenvalue weighted by Gasteiger charge is 2.16. The van der Waals surface area contributed by atoms with Crippen LogP contribution in [0.4, 0.5) is 10.1 Å². The highest BCUT2D eigenvalue weighted by Crippen LogP contribution is 2.32. The van der Waals surface area contributed by atoms with Crippen molar-refractivity contribution in [2.75, 3.05) is 5.32 Å². The van der Waals surface area contributed by atoms with Gasteiger partial charge in [-0.25, -0.2) is 9.07 Å². The van der Waals surface area contributed by atoms with Crippen LogP contribution in [-0.4, -0.2) is 15.7 Å². The summed E-state index contributed by atoms with van der Waals surface area (Å²) in [5.41, 5.74) is 0.871. The van der Waals surface area contributed by atoms with E-state index in [1.165, 1.54) is 40.3 Å². The van der Waals surface area contributed by atoms with E-state index < -0.39 is 5.91 Å². The van der Waals surface area contributed by atoms with Gasteiger partial charge in [0, 0.05) is 15.8 Å². The van der Waals surface area contributed by atoms with E-state index in [2.05, 4.69) is 10.4 Å². The molecule has 4 aromatic rings. The highest BCUT2D eigenvalue weighted by atomic mass is 32.1. The molecular formula is C19H14FN3O2S. The second-order valence-electron chi connectivity index (χ2n) is 5.91. The van der Waals surface area contributed by atoms with Gasteiger partial charge in [0.2, 0.25) is 5.91 Å². The van der Waals surface area contributed by atoms with Crippen molar-refractivity contribution in [3.63, 3.8) is 0 Å². The van der Waals surface area contributed by atoms with Crippen molar-refractivity contribution in [3.8, 4) is 0 Å². The summed E-state index contributed by atoms with van der Waals surface area (Å²) in [6.07, 6.45) is 0. The zero-order valence-corrected chi connectivity index (χ0v) is 14.6. The van der Waals surface area contributed by atoms with Gasteiger partial charge in [-0.05, 0) is 37.3 Å². The van der Waals surface area contributed by atoms with E-state index in [9.17, 15) is 14.0 Å². The van der Waals surface area contributed by atoms with Crippen LogP contribution in [0.1, 0.15) is 5.69 Å². The number of hydrogen-bond acceptors (Lipinski definition) is 4. The number of thiophene rings is 1. The number of carbonyl (C=O) groups excluding carboxylic acids is 1. The molecular weight excluding hydrogens is 353 g/mol. The van der Waals surface area contributed by atoms with Crippen molar-refractivity contribution in [1.82, 2.24) is 9.78 Å². The fourth-order valence-electron chi connectivity index (χ4n) is 2.89. The maximum Gasteiger partial charge on any atom is 0.276 e. The Morgan fingerprint density at radius 3 is 2.69 bits per heavy atom. The molecule has 0 saturated heterocycles. The lowest BCUT2D eigenvalue weighted by molar-refractivity contribution is -0.117. The van der Waals surface area contributed by atoms with Crippen LogP contribution in [0.25, 0.3) is 20.2 Å². The molecule has 0 bridgehead atoms. The molecule has 1 amide bonds. The van der Waals surface area contributed by atoms with Crippen LogP contribution >= 0.6 is 11.3 Å². The molecule has 0 saturated carbocycles. The minimum absolute atomic E-state index is 0.211. The van der Waals surface area contributed by atoms with Crippen molar-refractivity contribution in [3.05, 3.63) is 70.4 Å². The first-order chi connectivity index (χ1) is 12.5. The molecule has 0 fully saturated rings. The topological polar surface area (TPSA) is 64.0 Å². The van der Waals surface area contributed by atoms with E-state index in [0.29, 0.717) is 16.8 Å². The molecule has 2 aromatic heterocycles. The van der Waals surface area contributed by atoms with Crippen molar-refractivity contribution in [1.29, 1.82) is 0 Å². The third kappa shape index (κ3) is 2.86. The van der Waals surface area contributed by atoms with E-state index >= 15 is 0 Å². The summed E-state index contributed by atoms with van der Waals surface area (Å²) in [6, 6.07) is 13.1. The van der Waals surface area contributed by atoms with Crippen LogP contribution in [0.5, 0.6) is 0 Å². The third-order valence-corrected chi connectivity index (χ3v) is 5.34. The number of carbonyl (C=O) groups is 1. The minimum atomic E-state index is -0.399. The summed E-state index contributed by atoms with van der Waals surface area (Å²) in [4.78, 5) is 25.1. The van der Waals surface area contributed by atoms with E-state index in [4.69, 9.17) is 0 Å². The van der Waals surface area contributed by atoms with Gasteiger partial charge < -0.3 is 5.32 Å². The second kappa shape index (κ2) is 6.34. The molecule has 0 radical (unpaired) electrons. The summed E-state index contributed by atoms with van der Waals surface area (Å²) in [6.45, 7) is 1.61. The first-order valence-corrected chi connectivity index (χ1v) is 8.79. The normalized spacial score (nSPS) is 11.2. The molecule has 4 rings (SSSR count). The number of nitrogens with one attached hydrogen (secondary N) is 1. The molecule has 2 aromatic carbocycles. The predicted octanol–water partition coefficient (Wildman–Crippen LogP) is 3.70. The third-order valence-electron chi connectivity index (χ3n) is 4.06. The van der Waals surface area contributed by atoms with Gasteiger partial charge in [0.25, 0.3) is 5.56 Å². The van der Waals surface area contributed by atoms with Crippen molar-refractivity contribution >= 4 is 43.1 Å². The molecule has 0 unspecified atom stereocenters. The summed E-state index contributed by atoms with van der Waals surface area (Å²) >= 11 is 1.52. The van der Waals surface area contributed by atoms with Gasteiger partial charge in [-0.2, -0.15) is 5.10 Å². The Hall–Kier alpha value is -3.06. The number of anilines is 1. The standard InChI is InChI=1S/C19H14FN3O2S/c1-11-18-17(14-4-2-3-5-15(14)26-18)19(25)23(22-11)10-16(24)21-13-8-6-12(20)7-9-13/h2-9H,10H2,1H3,(H,21,24). The molecule has 7 heteroatoms. The lowest BCUT2D eigenvalue weighted by Gasteiger charge is -2.08. The SMILES string of the molecule is Cc1nn(CC(=O)Nc2ccc(F)cc2)c(=O)c2c1sc1ccccc12. The molecule has 5 nitrogen and oxygen atoms in total. The van der Waals surface area contributed by atoms with Gasteiger partial charge in [0.15, 0.2) is 0 Å². The largest absolute Gasteiger partial charge is 0.324 e. The van der Waals surface area contributed by atoms with Gasteiger partial charge in [0.1, 0.15) is 12.4 Å². The van der Waals surface area contributed by atoms with Crippen LogP contribution in [0.2, 0.25) is 0 Å². The Labute approximate surface area is 151 Å².